The lowest BCUT2D eigenvalue weighted by Gasteiger charge is -2.92. The van der Waals surface area contributed by atoms with Crippen LogP contribution in [0.3, 0.4) is 0 Å². The van der Waals surface area contributed by atoms with Gasteiger partial charge >= 0.3 is 0 Å². The lowest BCUT2D eigenvalue weighted by molar-refractivity contribution is -0.385. The van der Waals surface area contributed by atoms with Gasteiger partial charge in [0.05, 0.1) is 11.1 Å². The molecule has 0 aromatic heterocycles. The van der Waals surface area contributed by atoms with Crippen LogP contribution in [0, 0.1) is 23.2 Å². The lowest BCUT2D eigenvalue weighted by atomic mass is 9.15. The van der Waals surface area contributed by atoms with E-state index >= 15 is 0 Å². The van der Waals surface area contributed by atoms with Crippen LogP contribution in [0.5, 0.6) is 0 Å². The van der Waals surface area contributed by atoms with Crippen LogP contribution in [0.2, 0.25) is 0 Å². The molecule has 17 rings (SSSR count). The van der Waals surface area contributed by atoms with E-state index in [2.05, 4.69) is 217 Å². The van der Waals surface area contributed by atoms with Gasteiger partial charge in [-0.1, -0.05) is 159 Å². The van der Waals surface area contributed by atoms with Crippen molar-refractivity contribution in [3.8, 4) is 11.1 Å². The summed E-state index contributed by atoms with van der Waals surface area (Å²) in [5.41, 5.74) is 19.0. The maximum absolute atomic E-state index is 3.10. The second-order valence-electron chi connectivity index (χ2n) is 23.5. The fourth-order valence-corrected chi connectivity index (χ4v) is 24.0. The molecule has 0 bridgehead atoms. The van der Waals surface area contributed by atoms with Gasteiger partial charge in [0.25, 0.3) is 6.71 Å². The molecule has 5 saturated carbocycles. The number of hydrogen-bond acceptors (Lipinski definition) is 3. The first-order valence-corrected chi connectivity index (χ1v) is 28.6. The molecular formula is C65H56BN3Si. The molecule has 5 aliphatic carbocycles. The number of nitrogens with zero attached hydrogens (tertiary/aromatic N) is 3. The third-order valence-electron chi connectivity index (χ3n) is 21.4. The van der Waals surface area contributed by atoms with Crippen LogP contribution in [0.15, 0.2) is 188 Å². The number of rotatable bonds is 6. The minimum absolute atomic E-state index is 0.00234. The summed E-state index contributed by atoms with van der Waals surface area (Å²) in [6.07, 6.45) is 10.4. The molecule has 0 amide bonds. The number of benzene rings is 8. The number of para-hydroxylation sites is 1. The van der Waals surface area contributed by atoms with Crippen LogP contribution in [0.4, 0.5) is 39.8 Å². The molecule has 0 radical (unpaired) electrons. The molecule has 9 aliphatic rings. The smallest absolute Gasteiger partial charge is 0.251 e. The summed E-state index contributed by atoms with van der Waals surface area (Å²) in [4.78, 5) is 8.70. The minimum atomic E-state index is -2.89. The Balaban J connectivity index is 0.995. The molecule has 8 aromatic rings. The molecule has 4 unspecified atom stereocenters. The number of fused-ring (bicyclic) bond motifs is 3. The molecule has 0 N–H and O–H groups in total. The van der Waals surface area contributed by atoms with Crippen LogP contribution in [0.1, 0.15) is 70.8 Å². The quantitative estimate of drug-likeness (QED) is 0.154. The summed E-state index contributed by atoms with van der Waals surface area (Å²) < 4.78 is 0. The first-order chi connectivity index (χ1) is 34.4. The SMILES string of the molecule is CC12CCCCC1(C)N(c1cc3c4c(c1)N(C15CC6CC7CC(C1)C765)c1cccc5c1B4c1c(cccc1[Si]5(c1ccccc1)c1ccccc1)N3c1ccccc1)c1ccc(-c3ccccc3)cc12. The van der Waals surface area contributed by atoms with Crippen LogP contribution < -0.4 is 51.8 Å². The fourth-order valence-electron chi connectivity index (χ4n) is 18.7. The molecule has 8 aromatic carbocycles. The van der Waals surface area contributed by atoms with Crippen molar-refractivity contribution in [2.45, 2.75) is 81.7 Å². The van der Waals surface area contributed by atoms with E-state index in [9.17, 15) is 0 Å². The second-order valence-corrected chi connectivity index (χ2v) is 27.2. The Morgan fingerprint density at radius 1 is 0.471 bits per heavy atom. The number of anilines is 7. The largest absolute Gasteiger partial charge is 0.335 e. The van der Waals surface area contributed by atoms with Gasteiger partial charge in [-0.25, -0.2) is 0 Å². The van der Waals surface area contributed by atoms with Crippen molar-refractivity contribution in [2.24, 2.45) is 23.2 Å². The molecule has 5 fully saturated rings. The topological polar surface area (TPSA) is 9.72 Å². The molecule has 70 heavy (non-hydrogen) atoms. The van der Waals surface area contributed by atoms with Crippen molar-refractivity contribution >= 4 is 91.7 Å². The molecule has 4 atom stereocenters. The van der Waals surface area contributed by atoms with E-state index in [1.807, 2.05) is 0 Å². The molecule has 338 valence electrons. The van der Waals surface area contributed by atoms with E-state index in [1.165, 1.54) is 129 Å². The standard InChI is InChI=1S/C65H56BN3Si/c1-62-33-15-16-34-63(62,2)68(52-32-31-43(35-51(52)62)42-19-7-3-8-20-42)48-38-55-59-56(39-48)69(64-40-45-36-44-37-46(41-64)65(44,45)64)54-28-18-30-58-61(54)66(59)60-53(67(55)47-21-9-4-10-22-47)27-17-29-57(60)70(58,49-23-11-5-12-24-49)50-25-13-6-14-26-50/h3-14,17-32,35,38-39,44-46H,15-16,33-34,36-37,40-41H2,1-2H3. The van der Waals surface area contributed by atoms with Gasteiger partial charge in [-0.15, -0.1) is 0 Å². The Morgan fingerprint density at radius 2 is 1.07 bits per heavy atom. The zero-order chi connectivity index (χ0) is 45.9. The van der Waals surface area contributed by atoms with Crippen LogP contribution in [0.25, 0.3) is 11.1 Å². The summed E-state index contributed by atoms with van der Waals surface area (Å²) in [5.74, 6) is 2.63. The third kappa shape index (κ3) is 4.19. The second kappa shape index (κ2) is 13.0. The predicted octanol–water partition coefficient (Wildman–Crippen LogP) is 10.7. The first kappa shape index (κ1) is 39.2. The van der Waals surface area contributed by atoms with Crippen molar-refractivity contribution < 1.29 is 0 Å². The van der Waals surface area contributed by atoms with Gasteiger partial charge < -0.3 is 14.7 Å². The van der Waals surface area contributed by atoms with Crippen LogP contribution >= 0.6 is 0 Å². The van der Waals surface area contributed by atoms with Gasteiger partial charge in [-0.05, 0) is 166 Å². The summed E-state index contributed by atoms with van der Waals surface area (Å²) >= 11 is 0. The molecule has 0 saturated heterocycles. The average molecular weight is 918 g/mol. The van der Waals surface area contributed by atoms with Gasteiger partial charge in [0.1, 0.15) is 0 Å². The van der Waals surface area contributed by atoms with E-state index in [-0.39, 0.29) is 23.2 Å². The maximum Gasteiger partial charge on any atom is 0.251 e. The van der Waals surface area contributed by atoms with E-state index < -0.39 is 8.07 Å². The Labute approximate surface area is 413 Å². The highest BCUT2D eigenvalue weighted by molar-refractivity contribution is 7.27. The Kier molecular flexibility index (Phi) is 7.30. The first-order valence-electron chi connectivity index (χ1n) is 26.6. The van der Waals surface area contributed by atoms with Crippen molar-refractivity contribution in [3.63, 3.8) is 0 Å². The van der Waals surface area contributed by atoms with Crippen LogP contribution in [-0.2, 0) is 5.41 Å². The van der Waals surface area contributed by atoms with Crippen molar-refractivity contribution in [3.05, 3.63) is 194 Å². The van der Waals surface area contributed by atoms with Gasteiger partial charge in [0.15, 0.2) is 8.07 Å². The van der Waals surface area contributed by atoms with Gasteiger partial charge in [-0.3, -0.25) is 0 Å². The van der Waals surface area contributed by atoms with E-state index in [4.69, 9.17) is 0 Å². The average Bonchev–Trinajstić information content (AvgIpc) is 3.61. The van der Waals surface area contributed by atoms with Crippen molar-refractivity contribution in [1.82, 2.24) is 0 Å². The lowest BCUT2D eigenvalue weighted by Crippen LogP contribution is -2.94. The maximum atomic E-state index is 3.10. The number of hydrogen-bond donors (Lipinski definition) is 0. The Hall–Kier alpha value is -6.56. The highest BCUT2D eigenvalue weighted by Gasteiger charge is 2.89. The van der Waals surface area contributed by atoms with Gasteiger partial charge in [0.2, 0.25) is 0 Å². The predicted molar refractivity (Wildman–Crippen MR) is 294 cm³/mol. The van der Waals surface area contributed by atoms with Crippen molar-refractivity contribution in [2.75, 3.05) is 14.7 Å². The van der Waals surface area contributed by atoms with E-state index in [1.54, 1.807) is 15.8 Å². The fraction of sp³-hybridized carbons (Fsp3) is 0.262. The monoisotopic (exact) mass is 917 g/mol. The zero-order valence-electron chi connectivity index (χ0n) is 40.2. The molecule has 3 nitrogen and oxygen atoms in total. The molecule has 1 spiro atoms. The van der Waals surface area contributed by atoms with E-state index in [0.717, 1.165) is 17.8 Å². The molecular weight excluding hydrogens is 862 g/mol. The Morgan fingerprint density at radius 3 is 1.73 bits per heavy atom. The normalized spacial score (nSPS) is 29.8. The minimum Gasteiger partial charge on any atom is -0.335 e. The summed E-state index contributed by atoms with van der Waals surface area (Å²) in [6.45, 7) is 5.37. The summed E-state index contributed by atoms with van der Waals surface area (Å²) in [5, 5.41) is 6.08. The molecule has 5 heteroatoms. The summed E-state index contributed by atoms with van der Waals surface area (Å²) in [7, 11) is -2.89. The van der Waals surface area contributed by atoms with Gasteiger partial charge in [-0.2, -0.15) is 0 Å². The van der Waals surface area contributed by atoms with Crippen molar-refractivity contribution in [1.29, 1.82) is 0 Å². The highest BCUT2D eigenvalue weighted by atomic mass is 28.3. The molecule has 4 aliphatic heterocycles. The Bertz CT molecular complexity index is 3490. The van der Waals surface area contributed by atoms with Crippen LogP contribution in [-0.4, -0.2) is 25.9 Å². The molecule has 4 heterocycles. The third-order valence-corrected chi connectivity index (χ3v) is 26.3. The zero-order valence-corrected chi connectivity index (χ0v) is 41.2. The highest BCUT2D eigenvalue weighted by Crippen LogP contribution is 2.91. The van der Waals surface area contributed by atoms with Gasteiger partial charge in [0, 0.05) is 50.6 Å². The summed E-state index contributed by atoms with van der Waals surface area (Å²) in [6, 6.07) is 74.1. The van der Waals surface area contributed by atoms with E-state index in [0.29, 0.717) is 5.41 Å².